The first kappa shape index (κ1) is 15.1. The second-order valence-corrected chi connectivity index (χ2v) is 7.42. The number of pyridine rings is 1. The molecule has 1 saturated heterocycles. The highest BCUT2D eigenvalue weighted by molar-refractivity contribution is 14.1. The van der Waals surface area contributed by atoms with Gasteiger partial charge in [0.15, 0.2) is 5.15 Å². The van der Waals surface area contributed by atoms with Gasteiger partial charge in [-0.25, -0.2) is 4.98 Å². The van der Waals surface area contributed by atoms with E-state index in [1.54, 1.807) is 16.7 Å². The van der Waals surface area contributed by atoms with Crippen molar-refractivity contribution in [2.75, 3.05) is 6.61 Å². The van der Waals surface area contributed by atoms with Gasteiger partial charge < -0.3 is 9.84 Å². The maximum atomic E-state index is 9.63. The molecular weight excluding hydrogens is 437 g/mol. The molecular formula is C12H10Cl3IN2O2. The minimum Gasteiger partial charge on any atom is -0.391 e. The highest BCUT2D eigenvalue weighted by atomic mass is 127. The van der Waals surface area contributed by atoms with Crippen molar-refractivity contribution < 1.29 is 9.84 Å². The Hall–Kier alpha value is 0.210. The molecule has 108 valence electrons. The predicted molar refractivity (Wildman–Crippen MR) is 87.3 cm³/mol. The summed E-state index contributed by atoms with van der Waals surface area (Å²) in [6, 6.07) is 1.67. The third kappa shape index (κ3) is 2.64. The molecule has 8 heteroatoms. The van der Waals surface area contributed by atoms with Crippen molar-refractivity contribution in [1.82, 2.24) is 9.38 Å². The average molecular weight is 447 g/mol. The Morgan fingerprint density at radius 1 is 1.35 bits per heavy atom. The summed E-state index contributed by atoms with van der Waals surface area (Å²) in [5.74, 6) is 0. The Labute approximate surface area is 144 Å². The number of alkyl halides is 1. The van der Waals surface area contributed by atoms with Crippen LogP contribution in [0.25, 0.3) is 5.65 Å². The van der Waals surface area contributed by atoms with Crippen molar-refractivity contribution >= 4 is 63.0 Å². The van der Waals surface area contributed by atoms with Gasteiger partial charge in [0, 0.05) is 16.2 Å². The van der Waals surface area contributed by atoms with Crippen molar-refractivity contribution in [1.29, 1.82) is 0 Å². The van der Waals surface area contributed by atoms with E-state index >= 15 is 0 Å². The van der Waals surface area contributed by atoms with E-state index in [9.17, 15) is 5.11 Å². The Morgan fingerprint density at radius 3 is 2.80 bits per heavy atom. The van der Waals surface area contributed by atoms with E-state index in [0.29, 0.717) is 27.3 Å². The number of imidazole rings is 1. The van der Waals surface area contributed by atoms with Crippen LogP contribution < -0.4 is 0 Å². The van der Waals surface area contributed by atoms with E-state index in [2.05, 4.69) is 27.6 Å². The van der Waals surface area contributed by atoms with E-state index in [1.807, 2.05) is 0 Å². The van der Waals surface area contributed by atoms with Crippen LogP contribution in [0.4, 0.5) is 0 Å². The number of fused-ring (bicyclic) bond motifs is 1. The number of aliphatic hydroxyl groups excluding tert-OH is 1. The third-order valence-corrected chi connectivity index (χ3v) is 5.37. The van der Waals surface area contributed by atoms with E-state index in [-0.39, 0.29) is 16.6 Å². The molecule has 1 aliphatic heterocycles. The zero-order valence-electron chi connectivity index (χ0n) is 10.1. The number of hydrogen-bond donors (Lipinski definition) is 1. The van der Waals surface area contributed by atoms with Crippen molar-refractivity contribution in [3.05, 3.63) is 33.2 Å². The summed E-state index contributed by atoms with van der Waals surface area (Å²) >= 11 is 20.5. The first-order valence-corrected chi connectivity index (χ1v) is 8.31. The molecule has 1 N–H and O–H groups in total. The molecule has 3 rings (SSSR count). The van der Waals surface area contributed by atoms with Gasteiger partial charge in [0.05, 0.1) is 28.5 Å². The maximum Gasteiger partial charge on any atom is 0.154 e. The summed E-state index contributed by atoms with van der Waals surface area (Å²) in [6.07, 6.45) is 1.66. The molecule has 1 fully saturated rings. The Kier molecular flexibility index (Phi) is 4.37. The zero-order valence-corrected chi connectivity index (χ0v) is 14.5. The molecule has 0 amide bonds. The quantitative estimate of drug-likeness (QED) is 0.533. The minimum absolute atomic E-state index is 0.100. The fourth-order valence-electron chi connectivity index (χ4n) is 2.30. The smallest absolute Gasteiger partial charge is 0.154 e. The third-order valence-electron chi connectivity index (χ3n) is 3.22. The van der Waals surface area contributed by atoms with Crippen LogP contribution in [0.2, 0.25) is 15.2 Å². The number of nitrogens with zero attached hydrogens (tertiary/aromatic N) is 2. The molecule has 0 radical (unpaired) electrons. The van der Waals surface area contributed by atoms with E-state index < -0.39 is 6.10 Å². The second kappa shape index (κ2) is 5.78. The maximum absolute atomic E-state index is 9.63. The van der Waals surface area contributed by atoms with Crippen LogP contribution in [-0.4, -0.2) is 31.1 Å². The van der Waals surface area contributed by atoms with Crippen LogP contribution in [0.1, 0.15) is 18.2 Å². The SMILES string of the molecule is O[C@@H]1CO[C@@H](c2c(Cl)nc3cc(Cl)c(Cl)cn23)[C@H](I)C1. The van der Waals surface area contributed by atoms with Crippen molar-refractivity contribution in [2.24, 2.45) is 0 Å². The fraction of sp³-hybridized carbons (Fsp3) is 0.417. The molecule has 4 nitrogen and oxygen atoms in total. The molecule has 0 aromatic carbocycles. The number of rotatable bonds is 1. The lowest BCUT2D eigenvalue weighted by atomic mass is 10.0. The topological polar surface area (TPSA) is 46.8 Å². The molecule has 2 aromatic heterocycles. The van der Waals surface area contributed by atoms with Crippen molar-refractivity contribution in [3.8, 4) is 0 Å². The molecule has 3 heterocycles. The summed E-state index contributed by atoms with van der Waals surface area (Å²) in [7, 11) is 0. The van der Waals surface area contributed by atoms with Crippen LogP contribution in [0.15, 0.2) is 12.3 Å². The Balaban J connectivity index is 2.11. The lowest BCUT2D eigenvalue weighted by Crippen LogP contribution is -2.33. The summed E-state index contributed by atoms with van der Waals surface area (Å²) in [5, 5.41) is 10.9. The molecule has 0 aliphatic carbocycles. The Bertz CT molecular complexity index is 664. The van der Waals surface area contributed by atoms with Crippen LogP contribution in [-0.2, 0) is 4.74 Å². The fourth-order valence-corrected chi connectivity index (χ4v) is 4.02. The first-order chi connectivity index (χ1) is 9.47. The van der Waals surface area contributed by atoms with Gasteiger partial charge in [0.2, 0.25) is 0 Å². The van der Waals surface area contributed by atoms with Gasteiger partial charge in [-0.15, -0.1) is 0 Å². The number of aliphatic hydroxyl groups is 1. The van der Waals surface area contributed by atoms with Gasteiger partial charge in [0.25, 0.3) is 0 Å². The van der Waals surface area contributed by atoms with Crippen LogP contribution >= 0.6 is 57.4 Å². The molecule has 20 heavy (non-hydrogen) atoms. The summed E-state index contributed by atoms with van der Waals surface area (Å²) in [4.78, 5) is 4.28. The van der Waals surface area contributed by atoms with Gasteiger partial charge in [-0.1, -0.05) is 57.4 Å². The average Bonchev–Trinajstić information content (AvgIpc) is 2.66. The lowest BCUT2D eigenvalue weighted by Gasteiger charge is -2.30. The normalized spacial score (nSPS) is 27.1. The van der Waals surface area contributed by atoms with Gasteiger partial charge in [-0.2, -0.15) is 0 Å². The van der Waals surface area contributed by atoms with Gasteiger partial charge >= 0.3 is 0 Å². The summed E-state index contributed by atoms with van der Waals surface area (Å²) in [5.41, 5.74) is 1.37. The van der Waals surface area contributed by atoms with Crippen LogP contribution in [0.3, 0.4) is 0 Å². The molecule has 0 saturated carbocycles. The number of halogens is 4. The minimum atomic E-state index is -0.441. The van der Waals surface area contributed by atoms with Crippen molar-refractivity contribution in [2.45, 2.75) is 22.6 Å². The lowest BCUT2D eigenvalue weighted by molar-refractivity contribution is -0.0511. The van der Waals surface area contributed by atoms with E-state index in [1.165, 1.54) is 0 Å². The zero-order chi connectivity index (χ0) is 14.4. The highest BCUT2D eigenvalue weighted by Crippen LogP contribution is 2.38. The largest absolute Gasteiger partial charge is 0.391 e. The molecule has 1 aliphatic rings. The standard InChI is InChI=1S/C12H10Cl3IN2O2/c13-6-2-9-17-12(15)10(18(9)3-7(6)14)11-8(16)1-5(19)4-20-11/h2-3,5,8,11,19H,1,4H2/t5-,8+,11+/m0/s1. The number of ether oxygens (including phenoxy) is 1. The van der Waals surface area contributed by atoms with Crippen LogP contribution in [0, 0.1) is 0 Å². The molecule has 0 bridgehead atoms. The van der Waals surface area contributed by atoms with E-state index in [0.717, 1.165) is 5.69 Å². The second-order valence-electron chi connectivity index (χ2n) is 4.64. The van der Waals surface area contributed by atoms with Crippen LogP contribution in [0.5, 0.6) is 0 Å². The molecule has 0 spiro atoms. The van der Waals surface area contributed by atoms with Gasteiger partial charge in [-0.3, -0.25) is 4.40 Å². The van der Waals surface area contributed by atoms with Gasteiger partial charge in [-0.05, 0) is 6.42 Å². The van der Waals surface area contributed by atoms with E-state index in [4.69, 9.17) is 39.5 Å². The monoisotopic (exact) mass is 446 g/mol. The van der Waals surface area contributed by atoms with Gasteiger partial charge in [0.1, 0.15) is 11.8 Å². The van der Waals surface area contributed by atoms with Crippen molar-refractivity contribution in [3.63, 3.8) is 0 Å². The molecule has 3 atom stereocenters. The highest BCUT2D eigenvalue weighted by Gasteiger charge is 2.34. The molecule has 2 aromatic rings. The summed E-state index contributed by atoms with van der Waals surface area (Å²) < 4.78 is 7.62. The molecule has 0 unspecified atom stereocenters. The summed E-state index contributed by atoms with van der Waals surface area (Å²) in [6.45, 7) is 0.287. The number of aromatic nitrogens is 2. The predicted octanol–water partition coefficient (Wildman–Crippen LogP) is 3.92. The Morgan fingerprint density at radius 2 is 2.10 bits per heavy atom. The number of hydrogen-bond acceptors (Lipinski definition) is 3. The first-order valence-electron chi connectivity index (χ1n) is 5.93.